The van der Waals surface area contributed by atoms with Crippen molar-refractivity contribution in [1.29, 1.82) is 5.41 Å². The molecule has 4 aromatic rings. The zero-order chi connectivity index (χ0) is 28.0. The zero-order valence-electron chi connectivity index (χ0n) is 21.0. The minimum Gasteiger partial charge on any atom is -0.510 e. The Kier molecular flexibility index (Phi) is 6.83. The Morgan fingerprint density at radius 1 is 1.10 bits per heavy atom. The third kappa shape index (κ3) is 5.08. The number of halogens is 3. The summed E-state index contributed by atoms with van der Waals surface area (Å²) in [4.78, 5) is 23.5. The standard InChI is InChI=1S/C28H24F3N5O2S2/c29-28(30,31)17-5-3-4-16(12-17)20-14-39-27(34-20)35-25(38)15-8-10-18(11-9-15)36-13-21(37)23(24(36)32)26-33-19-6-1-2-7-22(19)40-26/h1-2,6-11,14,16-17,32,37H,3-5,12-13H2,(H,34,35,38). The van der Waals surface area contributed by atoms with E-state index in [1.54, 1.807) is 34.5 Å². The average molecular weight is 584 g/mol. The van der Waals surface area contributed by atoms with E-state index in [-0.39, 0.29) is 36.9 Å². The van der Waals surface area contributed by atoms with Crippen LogP contribution in [-0.2, 0) is 0 Å². The number of hydrogen-bond donors (Lipinski definition) is 3. The van der Waals surface area contributed by atoms with E-state index in [9.17, 15) is 23.1 Å². The number of anilines is 2. The van der Waals surface area contributed by atoms with Crippen LogP contribution in [0.2, 0.25) is 0 Å². The van der Waals surface area contributed by atoms with Crippen LogP contribution >= 0.6 is 22.7 Å². The van der Waals surface area contributed by atoms with Gasteiger partial charge < -0.3 is 10.0 Å². The molecule has 206 valence electrons. The van der Waals surface area contributed by atoms with Gasteiger partial charge in [0.1, 0.15) is 16.6 Å². The molecule has 0 bridgehead atoms. The van der Waals surface area contributed by atoms with E-state index in [1.807, 2.05) is 24.3 Å². The van der Waals surface area contributed by atoms with Crippen molar-refractivity contribution in [2.24, 2.45) is 5.92 Å². The zero-order valence-corrected chi connectivity index (χ0v) is 22.7. The molecule has 1 aliphatic heterocycles. The highest BCUT2D eigenvalue weighted by molar-refractivity contribution is 7.19. The number of rotatable bonds is 5. The van der Waals surface area contributed by atoms with Gasteiger partial charge in [-0.2, -0.15) is 13.2 Å². The Bertz CT molecular complexity index is 1590. The van der Waals surface area contributed by atoms with Gasteiger partial charge in [-0.1, -0.05) is 18.6 Å². The molecule has 0 spiro atoms. The number of nitrogens with one attached hydrogen (secondary N) is 2. The number of aliphatic hydroxyl groups excluding tert-OH is 1. The number of fused-ring (bicyclic) bond motifs is 1. The summed E-state index contributed by atoms with van der Waals surface area (Å²) in [6, 6.07) is 14.3. The van der Waals surface area contributed by atoms with Crippen LogP contribution in [0.3, 0.4) is 0 Å². The van der Waals surface area contributed by atoms with Crippen LogP contribution in [0.1, 0.15) is 52.7 Å². The minimum absolute atomic E-state index is 0.0265. The molecule has 3 N–H and O–H groups in total. The molecule has 3 heterocycles. The van der Waals surface area contributed by atoms with Gasteiger partial charge in [-0.15, -0.1) is 22.7 Å². The number of benzene rings is 2. The molecule has 2 aromatic carbocycles. The SMILES string of the molecule is N=C1C(c2nc3ccccc3s2)=C(O)CN1c1ccc(C(=O)Nc2nc(C3CCCC(C(F)(F)F)C3)cs2)cc1. The topological polar surface area (TPSA) is 102 Å². The number of amides is 1. The van der Waals surface area contributed by atoms with Crippen LogP contribution < -0.4 is 10.2 Å². The molecule has 40 heavy (non-hydrogen) atoms. The molecule has 2 aliphatic rings. The number of para-hydroxylation sites is 1. The van der Waals surface area contributed by atoms with Crippen molar-refractivity contribution in [3.05, 3.63) is 75.9 Å². The summed E-state index contributed by atoms with van der Waals surface area (Å²) in [5.41, 5.74) is 2.79. The molecule has 1 amide bonds. The van der Waals surface area contributed by atoms with E-state index in [4.69, 9.17) is 5.41 Å². The van der Waals surface area contributed by atoms with Gasteiger partial charge in [0.2, 0.25) is 0 Å². The van der Waals surface area contributed by atoms with Crippen molar-refractivity contribution in [3.8, 4) is 0 Å². The Morgan fingerprint density at radius 2 is 1.88 bits per heavy atom. The van der Waals surface area contributed by atoms with Crippen LogP contribution in [0.25, 0.3) is 15.8 Å². The van der Waals surface area contributed by atoms with E-state index in [0.717, 1.165) is 10.2 Å². The third-order valence-electron chi connectivity index (χ3n) is 7.35. The highest BCUT2D eigenvalue weighted by atomic mass is 32.1. The van der Waals surface area contributed by atoms with Crippen LogP contribution in [0.4, 0.5) is 24.0 Å². The molecule has 2 atom stereocenters. The molecule has 1 fully saturated rings. The number of carbonyl (C=O) groups is 1. The number of alkyl halides is 3. The number of carbonyl (C=O) groups excluding carboxylic acids is 1. The number of aromatic nitrogens is 2. The second-order valence-corrected chi connectivity index (χ2v) is 11.8. The number of aliphatic hydroxyl groups is 1. The van der Waals surface area contributed by atoms with Gasteiger partial charge in [-0.05, 0) is 55.7 Å². The van der Waals surface area contributed by atoms with Crippen molar-refractivity contribution < 1.29 is 23.1 Å². The van der Waals surface area contributed by atoms with Crippen molar-refractivity contribution in [3.63, 3.8) is 0 Å². The summed E-state index contributed by atoms with van der Waals surface area (Å²) in [5, 5.41) is 24.7. The van der Waals surface area contributed by atoms with Crippen molar-refractivity contribution in [2.45, 2.75) is 37.8 Å². The van der Waals surface area contributed by atoms with Crippen LogP contribution in [-0.4, -0.2) is 39.5 Å². The lowest BCUT2D eigenvalue weighted by Crippen LogP contribution is -2.28. The number of amidine groups is 1. The fourth-order valence-corrected chi connectivity index (χ4v) is 7.07. The first-order valence-corrected chi connectivity index (χ1v) is 14.4. The first kappa shape index (κ1) is 26.5. The van der Waals surface area contributed by atoms with Gasteiger partial charge in [-0.3, -0.25) is 15.5 Å². The predicted octanol–water partition coefficient (Wildman–Crippen LogP) is 7.61. The molecular weight excluding hydrogens is 559 g/mol. The molecule has 6 rings (SSSR count). The summed E-state index contributed by atoms with van der Waals surface area (Å²) in [7, 11) is 0. The van der Waals surface area contributed by atoms with Gasteiger partial charge in [0.05, 0.1) is 33.9 Å². The van der Waals surface area contributed by atoms with Gasteiger partial charge in [0.15, 0.2) is 5.13 Å². The molecule has 0 radical (unpaired) electrons. The summed E-state index contributed by atoms with van der Waals surface area (Å²) in [6.07, 6.45) is -2.86. The first-order chi connectivity index (χ1) is 19.2. The van der Waals surface area contributed by atoms with Crippen LogP contribution in [0, 0.1) is 11.3 Å². The lowest BCUT2D eigenvalue weighted by molar-refractivity contribution is -0.183. The summed E-state index contributed by atoms with van der Waals surface area (Å²) >= 11 is 2.61. The van der Waals surface area contributed by atoms with E-state index < -0.39 is 18.0 Å². The summed E-state index contributed by atoms with van der Waals surface area (Å²) in [5.74, 6) is -1.78. The summed E-state index contributed by atoms with van der Waals surface area (Å²) < 4.78 is 40.5. The highest BCUT2D eigenvalue weighted by Crippen LogP contribution is 2.44. The van der Waals surface area contributed by atoms with E-state index in [2.05, 4.69) is 15.3 Å². The number of thiazole rings is 2. The molecule has 1 aliphatic carbocycles. The second-order valence-electron chi connectivity index (χ2n) is 9.92. The fraction of sp³-hybridized carbons (Fsp3) is 0.286. The van der Waals surface area contributed by atoms with Gasteiger partial charge in [0.25, 0.3) is 5.91 Å². The maximum Gasteiger partial charge on any atom is 0.391 e. The maximum absolute atomic E-state index is 13.2. The molecule has 0 saturated heterocycles. The van der Waals surface area contributed by atoms with E-state index >= 15 is 0 Å². The molecule has 1 saturated carbocycles. The second kappa shape index (κ2) is 10.3. The van der Waals surface area contributed by atoms with Gasteiger partial charge in [-0.25, -0.2) is 9.97 Å². The quantitative estimate of drug-likeness (QED) is 0.224. The van der Waals surface area contributed by atoms with Crippen LogP contribution in [0.5, 0.6) is 0 Å². The third-order valence-corrected chi connectivity index (χ3v) is 9.18. The number of nitrogens with zero attached hydrogens (tertiary/aromatic N) is 3. The lowest BCUT2D eigenvalue weighted by Gasteiger charge is -2.29. The molecule has 2 unspecified atom stereocenters. The molecule has 12 heteroatoms. The first-order valence-electron chi connectivity index (χ1n) is 12.8. The Morgan fingerprint density at radius 3 is 2.62 bits per heavy atom. The smallest absolute Gasteiger partial charge is 0.391 e. The number of hydrogen-bond acceptors (Lipinski definition) is 7. The fourth-order valence-electron chi connectivity index (χ4n) is 5.25. The van der Waals surface area contributed by atoms with Crippen molar-refractivity contribution in [2.75, 3.05) is 16.8 Å². The minimum atomic E-state index is -4.20. The molecule has 2 aromatic heterocycles. The highest BCUT2D eigenvalue weighted by Gasteiger charge is 2.42. The van der Waals surface area contributed by atoms with Gasteiger partial charge >= 0.3 is 6.18 Å². The molecular formula is C28H24F3N5O2S2. The summed E-state index contributed by atoms with van der Waals surface area (Å²) in [6.45, 7) is 0.119. The van der Waals surface area contributed by atoms with E-state index in [1.165, 1.54) is 22.7 Å². The Hall–Kier alpha value is -3.77. The average Bonchev–Trinajstić information content (AvgIpc) is 3.65. The predicted molar refractivity (Wildman–Crippen MR) is 152 cm³/mol. The molecule has 7 nitrogen and oxygen atoms in total. The Labute approximate surface area is 235 Å². The van der Waals surface area contributed by atoms with Crippen molar-refractivity contribution >= 4 is 61.0 Å². The Balaban J connectivity index is 1.11. The van der Waals surface area contributed by atoms with E-state index in [0.29, 0.717) is 45.5 Å². The normalized spacial score (nSPS) is 20.0. The largest absolute Gasteiger partial charge is 0.510 e. The maximum atomic E-state index is 13.2. The van der Waals surface area contributed by atoms with Crippen LogP contribution in [0.15, 0.2) is 59.7 Å². The van der Waals surface area contributed by atoms with Gasteiger partial charge in [0, 0.05) is 22.5 Å². The van der Waals surface area contributed by atoms with Crippen molar-refractivity contribution in [1.82, 2.24) is 9.97 Å². The lowest BCUT2D eigenvalue weighted by atomic mass is 9.80. The monoisotopic (exact) mass is 583 g/mol.